The minimum absolute atomic E-state index is 0.0332. The number of piperidine rings is 1. The molecular formula is C17H18N2OS. The monoisotopic (exact) mass is 298 g/mol. The Morgan fingerprint density at radius 1 is 1.19 bits per heavy atom. The maximum absolute atomic E-state index is 12.7. The number of benzene rings is 1. The van der Waals surface area contributed by atoms with Crippen LogP contribution in [0.25, 0.3) is 0 Å². The van der Waals surface area contributed by atoms with Crippen LogP contribution in [-0.4, -0.2) is 22.7 Å². The molecule has 1 aliphatic heterocycles. The Balaban J connectivity index is 1.74. The van der Waals surface area contributed by atoms with Crippen molar-refractivity contribution in [3.05, 3.63) is 54.2 Å². The van der Waals surface area contributed by atoms with E-state index in [2.05, 4.69) is 4.98 Å². The second-order valence-electron chi connectivity index (χ2n) is 5.25. The summed E-state index contributed by atoms with van der Waals surface area (Å²) in [7, 11) is 0. The lowest BCUT2D eigenvalue weighted by molar-refractivity contribution is -0.119. The SMILES string of the molecule is Cc1ccc(SC2CCCN(c3ccccc3)C2=O)nc1. The number of carbonyl (C=O) groups excluding carboxylic acids is 1. The summed E-state index contributed by atoms with van der Waals surface area (Å²) in [6.07, 6.45) is 3.80. The molecule has 0 spiro atoms. The number of para-hydroxylation sites is 1. The van der Waals surface area contributed by atoms with Crippen LogP contribution in [0.1, 0.15) is 18.4 Å². The highest BCUT2D eigenvalue weighted by Gasteiger charge is 2.30. The summed E-state index contributed by atoms with van der Waals surface area (Å²) in [4.78, 5) is 19.0. The molecule has 0 bridgehead atoms. The smallest absolute Gasteiger partial charge is 0.240 e. The van der Waals surface area contributed by atoms with E-state index in [0.29, 0.717) is 0 Å². The van der Waals surface area contributed by atoms with Gasteiger partial charge in [-0.05, 0) is 43.5 Å². The van der Waals surface area contributed by atoms with E-state index in [1.165, 1.54) is 0 Å². The van der Waals surface area contributed by atoms with Gasteiger partial charge in [0.1, 0.15) is 0 Å². The zero-order chi connectivity index (χ0) is 14.7. The van der Waals surface area contributed by atoms with Crippen molar-refractivity contribution in [3.8, 4) is 0 Å². The summed E-state index contributed by atoms with van der Waals surface area (Å²) in [5.41, 5.74) is 2.13. The molecule has 2 aromatic rings. The summed E-state index contributed by atoms with van der Waals surface area (Å²) < 4.78 is 0. The van der Waals surface area contributed by atoms with Crippen molar-refractivity contribution < 1.29 is 4.79 Å². The standard InChI is InChI=1S/C17H18N2OS/c1-13-9-10-16(18-12-13)21-15-8-5-11-19(17(15)20)14-6-3-2-4-7-14/h2-4,6-7,9-10,12,15H,5,8,11H2,1H3. The van der Waals surface area contributed by atoms with E-state index in [1.807, 2.05) is 60.5 Å². The topological polar surface area (TPSA) is 33.2 Å². The molecule has 1 atom stereocenters. The van der Waals surface area contributed by atoms with Gasteiger partial charge in [0.2, 0.25) is 5.91 Å². The third-order valence-electron chi connectivity index (χ3n) is 3.60. The minimum Gasteiger partial charge on any atom is -0.311 e. The Kier molecular flexibility index (Phi) is 4.25. The number of aryl methyl sites for hydroxylation is 1. The van der Waals surface area contributed by atoms with Gasteiger partial charge < -0.3 is 4.90 Å². The van der Waals surface area contributed by atoms with Gasteiger partial charge >= 0.3 is 0 Å². The van der Waals surface area contributed by atoms with Crippen LogP contribution in [0.2, 0.25) is 0 Å². The molecular weight excluding hydrogens is 280 g/mol. The highest BCUT2D eigenvalue weighted by molar-refractivity contribution is 8.00. The predicted molar refractivity (Wildman–Crippen MR) is 86.6 cm³/mol. The Morgan fingerprint density at radius 2 is 2.00 bits per heavy atom. The lowest BCUT2D eigenvalue weighted by Gasteiger charge is -2.31. The third-order valence-corrected chi connectivity index (χ3v) is 4.81. The van der Waals surface area contributed by atoms with Gasteiger partial charge in [-0.1, -0.05) is 36.0 Å². The molecule has 3 rings (SSSR count). The normalized spacial score (nSPS) is 18.8. The van der Waals surface area contributed by atoms with E-state index in [-0.39, 0.29) is 11.2 Å². The van der Waals surface area contributed by atoms with Gasteiger partial charge in [-0.25, -0.2) is 4.98 Å². The lowest BCUT2D eigenvalue weighted by Crippen LogP contribution is -2.42. The summed E-state index contributed by atoms with van der Waals surface area (Å²) in [5, 5.41) is 0.892. The average molecular weight is 298 g/mol. The largest absolute Gasteiger partial charge is 0.311 e. The molecule has 1 amide bonds. The number of rotatable bonds is 3. The number of amides is 1. The van der Waals surface area contributed by atoms with Gasteiger partial charge in [0.15, 0.2) is 0 Å². The summed E-state index contributed by atoms with van der Waals surface area (Å²) in [5.74, 6) is 0.194. The van der Waals surface area contributed by atoms with Crippen LogP contribution in [0.4, 0.5) is 5.69 Å². The number of hydrogen-bond acceptors (Lipinski definition) is 3. The van der Waals surface area contributed by atoms with Crippen LogP contribution in [0.5, 0.6) is 0 Å². The van der Waals surface area contributed by atoms with Crippen molar-refractivity contribution in [3.63, 3.8) is 0 Å². The van der Waals surface area contributed by atoms with Crippen LogP contribution in [0.3, 0.4) is 0 Å². The number of anilines is 1. The number of thioether (sulfide) groups is 1. The Morgan fingerprint density at radius 3 is 2.71 bits per heavy atom. The highest BCUT2D eigenvalue weighted by atomic mass is 32.2. The molecule has 21 heavy (non-hydrogen) atoms. The van der Waals surface area contributed by atoms with Crippen molar-refractivity contribution in [1.82, 2.24) is 4.98 Å². The molecule has 1 aliphatic rings. The second-order valence-corrected chi connectivity index (χ2v) is 6.47. The van der Waals surface area contributed by atoms with Crippen LogP contribution in [0, 0.1) is 6.92 Å². The fraction of sp³-hybridized carbons (Fsp3) is 0.294. The number of aromatic nitrogens is 1. The average Bonchev–Trinajstić information content (AvgIpc) is 2.52. The molecule has 0 N–H and O–H groups in total. The first kappa shape index (κ1) is 14.1. The quantitative estimate of drug-likeness (QED) is 0.866. The molecule has 4 heteroatoms. The number of carbonyl (C=O) groups is 1. The number of pyridine rings is 1. The molecule has 1 aromatic heterocycles. The van der Waals surface area contributed by atoms with Gasteiger partial charge in [-0.3, -0.25) is 4.79 Å². The van der Waals surface area contributed by atoms with Gasteiger partial charge in [-0.15, -0.1) is 0 Å². The van der Waals surface area contributed by atoms with Crippen LogP contribution in [0.15, 0.2) is 53.7 Å². The van der Waals surface area contributed by atoms with E-state index >= 15 is 0 Å². The first-order chi connectivity index (χ1) is 10.2. The predicted octanol–water partition coefficient (Wildman–Crippen LogP) is 3.68. The maximum Gasteiger partial charge on any atom is 0.240 e. The first-order valence-electron chi connectivity index (χ1n) is 7.20. The maximum atomic E-state index is 12.7. The molecule has 1 fully saturated rings. The van der Waals surface area contributed by atoms with Gasteiger partial charge in [0.05, 0.1) is 10.3 Å². The first-order valence-corrected chi connectivity index (χ1v) is 8.08. The lowest BCUT2D eigenvalue weighted by atomic mass is 10.1. The molecule has 2 heterocycles. The number of nitrogens with zero attached hydrogens (tertiary/aromatic N) is 2. The van der Waals surface area contributed by atoms with Crippen molar-refractivity contribution in [1.29, 1.82) is 0 Å². The van der Waals surface area contributed by atoms with Crippen molar-refractivity contribution in [2.45, 2.75) is 30.0 Å². The van der Waals surface area contributed by atoms with E-state index in [0.717, 1.165) is 35.7 Å². The van der Waals surface area contributed by atoms with Crippen LogP contribution >= 0.6 is 11.8 Å². The zero-order valence-corrected chi connectivity index (χ0v) is 12.8. The van der Waals surface area contributed by atoms with E-state index < -0.39 is 0 Å². The van der Waals surface area contributed by atoms with Crippen molar-refractivity contribution >= 4 is 23.4 Å². The molecule has 3 nitrogen and oxygen atoms in total. The van der Waals surface area contributed by atoms with Gasteiger partial charge in [0, 0.05) is 18.4 Å². The summed E-state index contributed by atoms with van der Waals surface area (Å²) in [6, 6.07) is 13.9. The van der Waals surface area contributed by atoms with Crippen LogP contribution in [-0.2, 0) is 4.79 Å². The zero-order valence-electron chi connectivity index (χ0n) is 12.0. The van der Waals surface area contributed by atoms with E-state index in [1.54, 1.807) is 11.8 Å². The van der Waals surface area contributed by atoms with Crippen molar-refractivity contribution in [2.75, 3.05) is 11.4 Å². The Hall–Kier alpha value is -1.81. The Labute approximate surface area is 129 Å². The second kappa shape index (κ2) is 6.31. The molecule has 108 valence electrons. The molecule has 1 unspecified atom stereocenters. The minimum atomic E-state index is -0.0332. The fourth-order valence-corrected chi connectivity index (χ4v) is 3.55. The molecule has 1 aromatic carbocycles. The summed E-state index contributed by atoms with van der Waals surface area (Å²) in [6.45, 7) is 2.82. The highest BCUT2D eigenvalue weighted by Crippen LogP contribution is 2.31. The summed E-state index contributed by atoms with van der Waals surface area (Å²) >= 11 is 1.58. The molecule has 1 saturated heterocycles. The number of hydrogen-bond donors (Lipinski definition) is 0. The van der Waals surface area contributed by atoms with E-state index in [4.69, 9.17) is 0 Å². The fourth-order valence-electron chi connectivity index (χ4n) is 2.49. The molecule has 0 saturated carbocycles. The van der Waals surface area contributed by atoms with E-state index in [9.17, 15) is 4.79 Å². The molecule has 0 aliphatic carbocycles. The van der Waals surface area contributed by atoms with Gasteiger partial charge in [0.25, 0.3) is 0 Å². The van der Waals surface area contributed by atoms with Crippen molar-refractivity contribution in [2.24, 2.45) is 0 Å². The third kappa shape index (κ3) is 3.27. The van der Waals surface area contributed by atoms with Crippen LogP contribution < -0.4 is 4.90 Å². The Bertz CT molecular complexity index is 612. The molecule has 0 radical (unpaired) electrons. The van der Waals surface area contributed by atoms with Gasteiger partial charge in [-0.2, -0.15) is 0 Å².